The highest BCUT2D eigenvalue weighted by Gasteiger charge is 2.28. The van der Waals surface area contributed by atoms with E-state index in [4.69, 9.17) is 0 Å². The summed E-state index contributed by atoms with van der Waals surface area (Å²) in [5.41, 5.74) is 2.82. The number of para-hydroxylation sites is 1. The molecule has 2 aromatic heterocycles. The zero-order valence-electron chi connectivity index (χ0n) is 17.1. The minimum Gasteiger partial charge on any atom is -0.346 e. The molecule has 0 aliphatic carbocycles. The number of carbonyl (C=O) groups excluding carboxylic acids is 1. The van der Waals surface area contributed by atoms with Crippen molar-refractivity contribution in [2.24, 2.45) is 0 Å². The molecule has 0 aliphatic rings. The van der Waals surface area contributed by atoms with Gasteiger partial charge in [-0.1, -0.05) is 41.6 Å². The van der Waals surface area contributed by atoms with Gasteiger partial charge in [0.05, 0.1) is 22.3 Å². The first-order valence-electron chi connectivity index (χ1n) is 9.58. The first-order valence-corrected chi connectivity index (χ1v) is 10.6. The van der Waals surface area contributed by atoms with Crippen molar-refractivity contribution in [3.63, 3.8) is 0 Å². The molecular formula is C21H18F3N5O2S. The topological polar surface area (TPSA) is 81.3 Å². The fourth-order valence-electron chi connectivity index (χ4n) is 3.43. The number of halogens is 3. The van der Waals surface area contributed by atoms with E-state index in [-0.39, 0.29) is 22.2 Å². The van der Waals surface area contributed by atoms with Gasteiger partial charge in [-0.05, 0) is 37.6 Å². The van der Waals surface area contributed by atoms with E-state index in [2.05, 4.69) is 10.2 Å². The Balaban J connectivity index is 1.81. The molecule has 166 valence electrons. The van der Waals surface area contributed by atoms with Crippen molar-refractivity contribution < 1.29 is 18.0 Å². The minimum atomic E-state index is -4.49. The monoisotopic (exact) mass is 461 g/mol. The Kier molecular flexibility index (Phi) is 5.68. The van der Waals surface area contributed by atoms with E-state index in [1.54, 1.807) is 28.7 Å². The molecule has 0 spiro atoms. The van der Waals surface area contributed by atoms with Gasteiger partial charge in [0, 0.05) is 0 Å². The van der Waals surface area contributed by atoms with E-state index in [9.17, 15) is 22.8 Å². The highest BCUT2D eigenvalue weighted by atomic mass is 32.2. The number of benzene rings is 2. The first kappa shape index (κ1) is 21.9. The van der Waals surface area contributed by atoms with Crippen LogP contribution in [0.4, 0.5) is 13.2 Å². The van der Waals surface area contributed by atoms with Crippen LogP contribution < -0.4 is 10.9 Å². The Labute approximate surface area is 184 Å². The van der Waals surface area contributed by atoms with Gasteiger partial charge in [-0.3, -0.25) is 14.0 Å². The third kappa shape index (κ3) is 4.20. The first-order chi connectivity index (χ1) is 15.2. The second kappa shape index (κ2) is 8.30. The van der Waals surface area contributed by atoms with Crippen molar-refractivity contribution in [1.29, 1.82) is 0 Å². The smallest absolute Gasteiger partial charge is 0.346 e. The van der Waals surface area contributed by atoms with Crippen LogP contribution in [0, 0.1) is 13.8 Å². The Morgan fingerprint density at radius 2 is 1.88 bits per heavy atom. The number of alkyl halides is 3. The van der Waals surface area contributed by atoms with Crippen molar-refractivity contribution >= 4 is 34.3 Å². The lowest BCUT2D eigenvalue weighted by molar-refractivity contribution is -0.136. The summed E-state index contributed by atoms with van der Waals surface area (Å²) >= 11 is 0.941. The molecule has 4 rings (SSSR count). The molecule has 11 heteroatoms. The summed E-state index contributed by atoms with van der Waals surface area (Å²) in [6.45, 7) is 2.44. The van der Waals surface area contributed by atoms with Crippen LogP contribution in [-0.4, -0.2) is 43.5 Å². The number of rotatable bonds is 5. The number of hydrogen-bond donors (Lipinski definition) is 1. The van der Waals surface area contributed by atoms with Gasteiger partial charge < -0.3 is 5.32 Å². The summed E-state index contributed by atoms with van der Waals surface area (Å²) in [5, 5.41) is 10.8. The molecule has 32 heavy (non-hydrogen) atoms. The van der Waals surface area contributed by atoms with E-state index < -0.39 is 18.6 Å². The van der Waals surface area contributed by atoms with Crippen molar-refractivity contribution in [3.05, 3.63) is 63.9 Å². The lowest BCUT2D eigenvalue weighted by atomic mass is 10.1. The predicted molar refractivity (Wildman–Crippen MR) is 115 cm³/mol. The molecule has 1 N–H and O–H groups in total. The fraction of sp³-hybridized carbons (Fsp3) is 0.238. The van der Waals surface area contributed by atoms with Crippen LogP contribution in [0.1, 0.15) is 11.1 Å². The number of nitrogens with one attached hydrogen (secondary N) is 1. The van der Waals surface area contributed by atoms with Crippen molar-refractivity contribution in [3.8, 4) is 5.69 Å². The number of amides is 1. The Morgan fingerprint density at radius 3 is 2.59 bits per heavy atom. The standard InChI is InChI=1S/C21H18F3N5O2S/c1-12-7-8-15(13(2)9-12)28-18(31)14-5-3-4-6-16(14)29-19(28)26-27-20(29)32-10-17(30)25-11-21(22,23)24/h3-9H,10-11H2,1-2H3,(H,25,30). The van der Waals surface area contributed by atoms with Gasteiger partial charge in [-0.25, -0.2) is 4.57 Å². The molecule has 0 unspecified atom stereocenters. The van der Waals surface area contributed by atoms with Crippen molar-refractivity contribution in [2.45, 2.75) is 25.2 Å². The van der Waals surface area contributed by atoms with Crippen molar-refractivity contribution in [1.82, 2.24) is 24.5 Å². The van der Waals surface area contributed by atoms with Gasteiger partial charge in [-0.15, -0.1) is 10.2 Å². The molecule has 2 heterocycles. The van der Waals surface area contributed by atoms with Crippen LogP contribution in [0.15, 0.2) is 52.4 Å². The molecule has 2 aromatic carbocycles. The van der Waals surface area contributed by atoms with E-state index >= 15 is 0 Å². The largest absolute Gasteiger partial charge is 0.405 e. The molecule has 0 atom stereocenters. The fourth-order valence-corrected chi connectivity index (χ4v) is 4.20. The second-order valence-electron chi connectivity index (χ2n) is 7.25. The third-order valence-electron chi connectivity index (χ3n) is 4.81. The SMILES string of the molecule is Cc1ccc(-n2c(=O)c3ccccc3n3c(SCC(=O)NCC(F)(F)F)nnc23)c(C)c1. The summed E-state index contributed by atoms with van der Waals surface area (Å²) in [4.78, 5) is 25.2. The number of fused-ring (bicyclic) bond motifs is 3. The number of thioether (sulfide) groups is 1. The molecular weight excluding hydrogens is 443 g/mol. The van der Waals surface area contributed by atoms with Crippen LogP contribution in [0.2, 0.25) is 0 Å². The molecule has 7 nitrogen and oxygen atoms in total. The summed E-state index contributed by atoms with van der Waals surface area (Å²) in [5.74, 6) is -0.816. The number of aryl methyl sites for hydroxylation is 2. The van der Waals surface area contributed by atoms with Gasteiger partial charge >= 0.3 is 6.18 Å². The van der Waals surface area contributed by atoms with Crippen LogP contribution in [0.5, 0.6) is 0 Å². The van der Waals surface area contributed by atoms with Crippen LogP contribution in [-0.2, 0) is 4.79 Å². The maximum absolute atomic E-state index is 13.3. The molecule has 0 aliphatic heterocycles. The molecule has 0 radical (unpaired) electrons. The van der Waals surface area contributed by atoms with Crippen LogP contribution in [0.25, 0.3) is 22.4 Å². The van der Waals surface area contributed by atoms with E-state index in [1.807, 2.05) is 37.4 Å². The number of carbonyl (C=O) groups is 1. The highest BCUT2D eigenvalue weighted by molar-refractivity contribution is 7.99. The number of nitrogens with zero attached hydrogens (tertiary/aromatic N) is 4. The van der Waals surface area contributed by atoms with E-state index in [1.165, 1.54) is 4.57 Å². The van der Waals surface area contributed by atoms with E-state index in [0.717, 1.165) is 22.9 Å². The average molecular weight is 461 g/mol. The molecule has 0 saturated heterocycles. The molecule has 4 aromatic rings. The summed E-state index contributed by atoms with van der Waals surface area (Å²) < 4.78 is 40.1. The van der Waals surface area contributed by atoms with Gasteiger partial charge in [-0.2, -0.15) is 13.2 Å². The maximum atomic E-state index is 13.3. The number of aromatic nitrogens is 4. The van der Waals surface area contributed by atoms with Crippen molar-refractivity contribution in [2.75, 3.05) is 12.3 Å². The Hall–Kier alpha value is -3.34. The molecule has 1 amide bonds. The summed E-state index contributed by atoms with van der Waals surface area (Å²) in [7, 11) is 0. The van der Waals surface area contributed by atoms with E-state index in [0.29, 0.717) is 16.6 Å². The predicted octanol–water partition coefficient (Wildman–Crippen LogP) is 3.42. The normalized spacial score (nSPS) is 11.9. The van der Waals surface area contributed by atoms with Gasteiger partial charge in [0.25, 0.3) is 5.56 Å². The third-order valence-corrected chi connectivity index (χ3v) is 5.74. The van der Waals surface area contributed by atoms with Gasteiger partial charge in [0.1, 0.15) is 6.54 Å². The summed E-state index contributed by atoms with van der Waals surface area (Å²) in [6, 6.07) is 12.6. The van der Waals surface area contributed by atoms with Crippen LogP contribution in [0.3, 0.4) is 0 Å². The zero-order valence-corrected chi connectivity index (χ0v) is 17.9. The molecule has 0 bridgehead atoms. The highest BCUT2D eigenvalue weighted by Crippen LogP contribution is 2.24. The Bertz CT molecular complexity index is 1390. The average Bonchev–Trinajstić information content (AvgIpc) is 3.15. The van der Waals surface area contributed by atoms with Gasteiger partial charge in [0.2, 0.25) is 11.7 Å². The zero-order chi connectivity index (χ0) is 23.0. The lowest BCUT2D eigenvalue weighted by Gasteiger charge is -2.13. The Morgan fingerprint density at radius 1 is 1.12 bits per heavy atom. The number of hydrogen-bond acceptors (Lipinski definition) is 5. The summed E-state index contributed by atoms with van der Waals surface area (Å²) in [6.07, 6.45) is -4.49. The minimum absolute atomic E-state index is 0.249. The molecule has 0 saturated carbocycles. The van der Waals surface area contributed by atoms with Gasteiger partial charge in [0.15, 0.2) is 5.16 Å². The van der Waals surface area contributed by atoms with Crippen LogP contribution >= 0.6 is 11.8 Å². The second-order valence-corrected chi connectivity index (χ2v) is 8.19. The molecule has 0 fully saturated rings. The lowest BCUT2D eigenvalue weighted by Crippen LogP contribution is -2.34. The quantitative estimate of drug-likeness (QED) is 0.461. The maximum Gasteiger partial charge on any atom is 0.405 e.